The first-order valence-corrected chi connectivity index (χ1v) is 11.8. The van der Waals surface area contributed by atoms with Crippen molar-refractivity contribution in [2.75, 3.05) is 19.0 Å². The first-order valence-electron chi connectivity index (χ1n) is 11.4. The Morgan fingerprint density at radius 2 is 1.72 bits per heavy atom. The van der Waals surface area contributed by atoms with Gasteiger partial charge in [0.2, 0.25) is 5.91 Å². The van der Waals surface area contributed by atoms with Crippen molar-refractivity contribution in [1.29, 1.82) is 0 Å². The number of aromatic nitrogens is 1. The number of hydrogen-bond acceptors (Lipinski definition) is 5. The minimum absolute atomic E-state index is 0.0203. The number of rotatable bonds is 7. The fourth-order valence-corrected chi connectivity index (χ4v) is 4.26. The Morgan fingerprint density at radius 1 is 1.00 bits per heavy atom. The summed E-state index contributed by atoms with van der Waals surface area (Å²) in [6.45, 7) is 3.75. The Kier molecular flexibility index (Phi) is 7.41. The van der Waals surface area contributed by atoms with Crippen LogP contribution in [-0.4, -0.2) is 36.1 Å². The number of amides is 1. The average molecular weight is 505 g/mol. The van der Waals surface area contributed by atoms with E-state index >= 15 is 0 Å². The van der Waals surface area contributed by atoms with Gasteiger partial charge < -0.3 is 14.8 Å². The highest BCUT2D eigenvalue weighted by molar-refractivity contribution is 6.30. The lowest BCUT2D eigenvalue weighted by Gasteiger charge is -2.11. The molecule has 1 aromatic heterocycles. The molecule has 0 bridgehead atoms. The molecule has 0 radical (unpaired) electrons. The standard InChI is InChI=1S/C28H25ClN2O5/c1-4-36-28(34)21-7-5-6-8-24(21)30-26(32)16-22-17(2)31(25-14-13-20(35-3)15-23(22)25)27(33)18-9-11-19(29)12-10-18/h5-15H,4,16H2,1-3H3,(H,30,32). The summed E-state index contributed by atoms with van der Waals surface area (Å²) in [5.41, 5.74) is 3.06. The zero-order valence-corrected chi connectivity index (χ0v) is 20.9. The van der Waals surface area contributed by atoms with Gasteiger partial charge in [0, 0.05) is 21.7 Å². The van der Waals surface area contributed by atoms with Crippen LogP contribution < -0.4 is 10.1 Å². The number of carbonyl (C=O) groups is 3. The number of hydrogen-bond donors (Lipinski definition) is 1. The topological polar surface area (TPSA) is 86.6 Å². The molecule has 7 nitrogen and oxygen atoms in total. The lowest BCUT2D eigenvalue weighted by molar-refractivity contribution is -0.115. The summed E-state index contributed by atoms with van der Waals surface area (Å²) in [5, 5.41) is 4.07. The highest BCUT2D eigenvalue weighted by Crippen LogP contribution is 2.31. The molecule has 0 aliphatic heterocycles. The van der Waals surface area contributed by atoms with Crippen molar-refractivity contribution in [2.24, 2.45) is 0 Å². The first kappa shape index (κ1) is 25.0. The molecule has 0 atom stereocenters. The van der Waals surface area contributed by atoms with Crippen LogP contribution in [0.5, 0.6) is 5.75 Å². The Labute approximate surface area is 213 Å². The lowest BCUT2D eigenvalue weighted by atomic mass is 10.1. The molecule has 36 heavy (non-hydrogen) atoms. The van der Waals surface area contributed by atoms with E-state index in [1.165, 1.54) is 0 Å². The van der Waals surface area contributed by atoms with Crippen LogP contribution in [-0.2, 0) is 16.0 Å². The van der Waals surface area contributed by atoms with E-state index in [1.807, 2.05) is 6.07 Å². The van der Waals surface area contributed by atoms with Crippen LogP contribution in [0, 0.1) is 6.92 Å². The number of anilines is 1. The third-order valence-electron chi connectivity index (χ3n) is 5.87. The second-order valence-electron chi connectivity index (χ2n) is 8.09. The van der Waals surface area contributed by atoms with Crippen LogP contribution in [0.2, 0.25) is 5.02 Å². The van der Waals surface area contributed by atoms with Gasteiger partial charge in [-0.2, -0.15) is 0 Å². The lowest BCUT2D eigenvalue weighted by Crippen LogP contribution is -2.18. The molecule has 184 valence electrons. The van der Waals surface area contributed by atoms with E-state index in [0.717, 1.165) is 5.39 Å². The maximum atomic E-state index is 13.5. The second-order valence-corrected chi connectivity index (χ2v) is 8.52. The SMILES string of the molecule is CCOC(=O)c1ccccc1NC(=O)Cc1c(C)n(C(=O)c2ccc(Cl)cc2)c2ccc(OC)cc12. The van der Waals surface area contributed by atoms with Crippen molar-refractivity contribution in [3.05, 3.63) is 94.1 Å². The summed E-state index contributed by atoms with van der Waals surface area (Å²) in [4.78, 5) is 38.9. The third-order valence-corrected chi connectivity index (χ3v) is 6.12. The minimum Gasteiger partial charge on any atom is -0.497 e. The molecule has 0 aliphatic carbocycles. The van der Waals surface area contributed by atoms with E-state index in [4.69, 9.17) is 21.1 Å². The molecule has 0 saturated heterocycles. The fraction of sp³-hybridized carbons (Fsp3) is 0.179. The summed E-state index contributed by atoms with van der Waals surface area (Å²) < 4.78 is 12.1. The number of halogens is 1. The average Bonchev–Trinajstić information content (AvgIpc) is 3.14. The normalized spacial score (nSPS) is 10.8. The summed E-state index contributed by atoms with van der Waals surface area (Å²) in [6, 6.07) is 18.7. The number of benzene rings is 3. The van der Waals surface area contributed by atoms with Crippen LogP contribution in [0.3, 0.4) is 0 Å². The molecule has 1 amide bonds. The van der Waals surface area contributed by atoms with E-state index in [0.29, 0.717) is 38.8 Å². The van der Waals surface area contributed by atoms with E-state index in [-0.39, 0.29) is 30.4 Å². The highest BCUT2D eigenvalue weighted by atomic mass is 35.5. The van der Waals surface area contributed by atoms with Gasteiger partial charge in [-0.15, -0.1) is 0 Å². The summed E-state index contributed by atoms with van der Waals surface area (Å²) >= 11 is 5.99. The van der Waals surface area contributed by atoms with Crippen LogP contribution in [0.25, 0.3) is 10.9 Å². The van der Waals surface area contributed by atoms with Crippen molar-refractivity contribution < 1.29 is 23.9 Å². The molecule has 1 heterocycles. The molecule has 0 aliphatic rings. The van der Waals surface area contributed by atoms with Crippen molar-refractivity contribution in [1.82, 2.24) is 4.57 Å². The Bertz CT molecular complexity index is 1460. The largest absolute Gasteiger partial charge is 0.497 e. The van der Waals surface area contributed by atoms with Gasteiger partial charge in [-0.05, 0) is 74.0 Å². The molecular weight excluding hydrogens is 480 g/mol. The molecule has 4 rings (SSSR count). The number of methoxy groups -OCH3 is 1. The molecular formula is C28H25ClN2O5. The molecule has 0 fully saturated rings. The van der Waals surface area contributed by atoms with Crippen molar-refractivity contribution in [2.45, 2.75) is 20.3 Å². The van der Waals surface area contributed by atoms with E-state index in [9.17, 15) is 14.4 Å². The predicted molar refractivity (Wildman–Crippen MR) is 139 cm³/mol. The van der Waals surface area contributed by atoms with Crippen LogP contribution in [0.4, 0.5) is 5.69 Å². The Morgan fingerprint density at radius 3 is 2.42 bits per heavy atom. The van der Waals surface area contributed by atoms with Gasteiger partial charge >= 0.3 is 5.97 Å². The van der Waals surface area contributed by atoms with E-state index in [1.54, 1.807) is 86.2 Å². The molecule has 3 aromatic carbocycles. The number of nitrogens with zero attached hydrogens (tertiary/aromatic N) is 1. The second kappa shape index (κ2) is 10.7. The van der Waals surface area contributed by atoms with Crippen LogP contribution in [0.15, 0.2) is 66.7 Å². The zero-order valence-electron chi connectivity index (χ0n) is 20.1. The maximum absolute atomic E-state index is 13.5. The van der Waals surface area contributed by atoms with E-state index < -0.39 is 5.97 Å². The molecule has 8 heteroatoms. The van der Waals surface area contributed by atoms with Crippen molar-refractivity contribution in [3.63, 3.8) is 0 Å². The van der Waals surface area contributed by atoms with Gasteiger partial charge in [0.15, 0.2) is 0 Å². The third kappa shape index (κ3) is 4.97. The number of nitrogens with one attached hydrogen (secondary N) is 1. The summed E-state index contributed by atoms with van der Waals surface area (Å²) in [7, 11) is 1.56. The van der Waals surface area contributed by atoms with Gasteiger partial charge in [-0.25, -0.2) is 4.79 Å². The van der Waals surface area contributed by atoms with Gasteiger partial charge in [-0.3, -0.25) is 14.2 Å². The van der Waals surface area contributed by atoms with Gasteiger partial charge in [0.25, 0.3) is 5.91 Å². The first-order chi connectivity index (χ1) is 17.3. The van der Waals surface area contributed by atoms with Crippen LogP contribution in [0.1, 0.15) is 38.9 Å². The molecule has 1 N–H and O–H groups in total. The minimum atomic E-state index is -0.514. The molecule has 0 spiro atoms. The molecule has 0 unspecified atom stereocenters. The molecule has 0 saturated carbocycles. The van der Waals surface area contributed by atoms with Gasteiger partial charge in [0.1, 0.15) is 5.75 Å². The monoisotopic (exact) mass is 504 g/mol. The number of carbonyl (C=O) groups excluding carboxylic acids is 3. The van der Waals surface area contributed by atoms with Crippen molar-refractivity contribution in [3.8, 4) is 5.75 Å². The number of fused-ring (bicyclic) bond motifs is 1. The smallest absolute Gasteiger partial charge is 0.340 e. The maximum Gasteiger partial charge on any atom is 0.340 e. The predicted octanol–water partition coefficient (Wildman–Crippen LogP) is 5.66. The summed E-state index contributed by atoms with van der Waals surface area (Å²) in [6.07, 6.45) is -0.0203. The van der Waals surface area contributed by atoms with Gasteiger partial charge in [-0.1, -0.05) is 23.7 Å². The molecule has 4 aromatic rings. The van der Waals surface area contributed by atoms with E-state index in [2.05, 4.69) is 5.32 Å². The number of ether oxygens (including phenoxy) is 2. The fourth-order valence-electron chi connectivity index (χ4n) is 4.13. The quantitative estimate of drug-likeness (QED) is 0.328. The highest BCUT2D eigenvalue weighted by Gasteiger charge is 2.23. The number of esters is 1. The number of para-hydroxylation sites is 1. The Balaban J connectivity index is 1.72. The Hall–Kier alpha value is -4.10. The zero-order chi connectivity index (χ0) is 25.8. The summed E-state index contributed by atoms with van der Waals surface area (Å²) in [5.74, 6) is -0.485. The van der Waals surface area contributed by atoms with Crippen LogP contribution >= 0.6 is 11.6 Å². The van der Waals surface area contributed by atoms with Crippen molar-refractivity contribution >= 4 is 46.0 Å². The van der Waals surface area contributed by atoms with Gasteiger partial charge in [0.05, 0.1) is 36.9 Å².